The minimum absolute atomic E-state index is 0.367. The Morgan fingerprint density at radius 2 is 1.68 bits per heavy atom. The molecule has 0 amide bonds. The van der Waals surface area contributed by atoms with Crippen LogP contribution in [0.3, 0.4) is 0 Å². The van der Waals surface area contributed by atoms with E-state index in [4.69, 9.17) is 4.52 Å². The smallest absolute Gasteiger partial charge is 0.231 e. The molecule has 4 aromatic rings. The van der Waals surface area contributed by atoms with E-state index in [0.717, 1.165) is 11.3 Å². The highest BCUT2D eigenvalue weighted by Crippen LogP contribution is 2.26. The van der Waals surface area contributed by atoms with Gasteiger partial charge in [-0.05, 0) is 19.1 Å². The Bertz CT molecular complexity index is 1150. The molecule has 0 aliphatic carbocycles. The van der Waals surface area contributed by atoms with E-state index < -0.39 is 0 Å². The molecule has 0 atom stereocenters. The van der Waals surface area contributed by atoms with Crippen molar-refractivity contribution in [3.8, 4) is 17.3 Å². The summed E-state index contributed by atoms with van der Waals surface area (Å²) < 4.78 is 5.09. The van der Waals surface area contributed by atoms with Crippen LogP contribution in [0.15, 0.2) is 71.3 Å². The molecular weight excluding hydrogens is 352 g/mol. The van der Waals surface area contributed by atoms with Gasteiger partial charge in [0.1, 0.15) is 17.6 Å². The Morgan fingerprint density at radius 1 is 0.893 bits per heavy atom. The molecule has 7 nitrogen and oxygen atoms in total. The molecule has 28 heavy (non-hydrogen) atoms. The third-order valence-corrected chi connectivity index (χ3v) is 3.97. The van der Waals surface area contributed by atoms with Gasteiger partial charge in [-0.3, -0.25) is 0 Å². The first-order valence-corrected chi connectivity index (χ1v) is 8.62. The second-order valence-electron chi connectivity index (χ2n) is 6.06. The van der Waals surface area contributed by atoms with Crippen molar-refractivity contribution >= 4 is 23.3 Å². The maximum absolute atomic E-state index is 9.33. The molecule has 0 fully saturated rings. The molecule has 7 heteroatoms. The van der Waals surface area contributed by atoms with Crippen LogP contribution in [0.5, 0.6) is 0 Å². The SMILES string of the molecule is Cc1cc(Nc2nc(Nc3ccccc3C#N)cc(-c3ccccc3)n2)no1. The second-order valence-corrected chi connectivity index (χ2v) is 6.06. The van der Waals surface area contributed by atoms with E-state index in [1.807, 2.05) is 61.5 Å². The summed E-state index contributed by atoms with van der Waals surface area (Å²) in [6, 6.07) is 22.8. The zero-order chi connectivity index (χ0) is 19.3. The molecule has 0 aliphatic rings. The summed E-state index contributed by atoms with van der Waals surface area (Å²) in [5.41, 5.74) is 2.88. The van der Waals surface area contributed by atoms with E-state index in [1.165, 1.54) is 0 Å². The Hall–Kier alpha value is -4.18. The zero-order valence-corrected chi connectivity index (χ0v) is 15.0. The van der Waals surface area contributed by atoms with E-state index in [-0.39, 0.29) is 0 Å². The first kappa shape index (κ1) is 17.2. The lowest BCUT2D eigenvalue weighted by atomic mass is 10.1. The number of hydrogen-bond donors (Lipinski definition) is 2. The van der Waals surface area contributed by atoms with Crippen molar-refractivity contribution in [3.63, 3.8) is 0 Å². The number of nitriles is 1. The molecule has 2 heterocycles. The number of hydrogen-bond acceptors (Lipinski definition) is 7. The van der Waals surface area contributed by atoms with Crippen molar-refractivity contribution in [1.82, 2.24) is 15.1 Å². The van der Waals surface area contributed by atoms with Gasteiger partial charge in [-0.1, -0.05) is 47.6 Å². The lowest BCUT2D eigenvalue weighted by molar-refractivity contribution is 0.400. The Kier molecular flexibility index (Phi) is 4.68. The van der Waals surface area contributed by atoms with Gasteiger partial charge in [0.15, 0.2) is 5.82 Å². The second kappa shape index (κ2) is 7.60. The van der Waals surface area contributed by atoms with Gasteiger partial charge in [-0.25, -0.2) is 4.98 Å². The minimum atomic E-state index is 0.367. The van der Waals surface area contributed by atoms with Gasteiger partial charge in [0.05, 0.1) is 16.9 Å². The van der Waals surface area contributed by atoms with Crippen LogP contribution in [0.4, 0.5) is 23.3 Å². The highest BCUT2D eigenvalue weighted by molar-refractivity contribution is 5.70. The number of nitrogens with one attached hydrogen (secondary N) is 2. The maximum Gasteiger partial charge on any atom is 0.231 e. The summed E-state index contributed by atoms with van der Waals surface area (Å²) in [7, 11) is 0. The first-order valence-electron chi connectivity index (χ1n) is 8.62. The Morgan fingerprint density at radius 3 is 2.43 bits per heavy atom. The average Bonchev–Trinajstić information content (AvgIpc) is 3.13. The Labute approximate surface area is 161 Å². The van der Waals surface area contributed by atoms with E-state index in [2.05, 4.69) is 31.8 Å². The third-order valence-electron chi connectivity index (χ3n) is 3.97. The van der Waals surface area contributed by atoms with E-state index in [0.29, 0.717) is 34.6 Å². The van der Waals surface area contributed by atoms with Gasteiger partial charge in [0.2, 0.25) is 5.95 Å². The first-order chi connectivity index (χ1) is 13.7. The fourth-order valence-corrected chi connectivity index (χ4v) is 2.69. The van der Waals surface area contributed by atoms with Crippen molar-refractivity contribution in [2.45, 2.75) is 6.92 Å². The molecule has 0 aliphatic heterocycles. The summed E-state index contributed by atoms with van der Waals surface area (Å²) in [6.45, 7) is 1.81. The average molecular weight is 368 g/mol. The molecular formula is C21H16N6O. The molecule has 0 saturated heterocycles. The number of para-hydroxylation sites is 1. The Balaban J connectivity index is 1.74. The van der Waals surface area contributed by atoms with Crippen LogP contribution in [0, 0.1) is 18.3 Å². The molecule has 4 rings (SSSR count). The topological polar surface area (TPSA) is 99.7 Å². The summed E-state index contributed by atoms with van der Waals surface area (Å²) >= 11 is 0. The van der Waals surface area contributed by atoms with E-state index in [1.54, 1.807) is 12.1 Å². The van der Waals surface area contributed by atoms with E-state index in [9.17, 15) is 5.26 Å². The van der Waals surface area contributed by atoms with Crippen LogP contribution < -0.4 is 10.6 Å². The predicted molar refractivity (Wildman–Crippen MR) is 106 cm³/mol. The molecule has 2 N–H and O–H groups in total. The van der Waals surface area contributed by atoms with Gasteiger partial charge in [-0.2, -0.15) is 10.2 Å². The number of rotatable bonds is 5. The van der Waals surface area contributed by atoms with Gasteiger partial charge in [0, 0.05) is 17.7 Å². The van der Waals surface area contributed by atoms with Crippen molar-refractivity contribution in [1.29, 1.82) is 5.26 Å². The zero-order valence-electron chi connectivity index (χ0n) is 15.0. The highest BCUT2D eigenvalue weighted by Gasteiger charge is 2.10. The van der Waals surface area contributed by atoms with Crippen LogP contribution in [0.1, 0.15) is 11.3 Å². The molecule has 0 bridgehead atoms. The number of aromatic nitrogens is 3. The number of benzene rings is 2. The van der Waals surface area contributed by atoms with Crippen LogP contribution in [0.25, 0.3) is 11.3 Å². The molecule has 0 saturated carbocycles. The molecule has 136 valence electrons. The largest absolute Gasteiger partial charge is 0.360 e. The fourth-order valence-electron chi connectivity index (χ4n) is 2.69. The van der Waals surface area contributed by atoms with Crippen LogP contribution in [-0.4, -0.2) is 15.1 Å². The van der Waals surface area contributed by atoms with Crippen molar-refractivity contribution in [3.05, 3.63) is 78.1 Å². The molecule has 2 aromatic carbocycles. The van der Waals surface area contributed by atoms with Crippen LogP contribution in [-0.2, 0) is 0 Å². The van der Waals surface area contributed by atoms with Crippen molar-refractivity contribution < 1.29 is 4.52 Å². The highest BCUT2D eigenvalue weighted by atomic mass is 16.5. The van der Waals surface area contributed by atoms with Gasteiger partial charge in [-0.15, -0.1) is 0 Å². The van der Waals surface area contributed by atoms with Crippen molar-refractivity contribution in [2.24, 2.45) is 0 Å². The summed E-state index contributed by atoms with van der Waals surface area (Å²) in [5.74, 6) is 2.12. The quantitative estimate of drug-likeness (QED) is 0.522. The normalized spacial score (nSPS) is 10.3. The standard InChI is InChI=1S/C21H16N6O/c1-14-11-20(27-28-14)26-21-24-18(15-7-3-2-4-8-15)12-19(25-21)23-17-10-6-5-9-16(17)13-22/h2-12H,1H3,(H2,23,24,25,26,27). The van der Waals surface area contributed by atoms with Gasteiger partial charge in [0.25, 0.3) is 0 Å². The molecule has 0 unspecified atom stereocenters. The number of aryl methyl sites for hydroxylation is 1. The van der Waals surface area contributed by atoms with Crippen molar-refractivity contribution in [2.75, 3.05) is 10.6 Å². The van der Waals surface area contributed by atoms with Gasteiger partial charge >= 0.3 is 0 Å². The fraction of sp³-hybridized carbons (Fsp3) is 0.0476. The lowest BCUT2D eigenvalue weighted by Crippen LogP contribution is -2.03. The monoisotopic (exact) mass is 368 g/mol. The lowest BCUT2D eigenvalue weighted by Gasteiger charge is -2.11. The summed E-state index contributed by atoms with van der Waals surface area (Å²) in [6.07, 6.45) is 0. The predicted octanol–water partition coefficient (Wildman–Crippen LogP) is 4.80. The summed E-state index contributed by atoms with van der Waals surface area (Å²) in [5, 5.41) is 19.5. The molecule has 0 radical (unpaired) electrons. The number of nitrogens with zero attached hydrogens (tertiary/aromatic N) is 4. The van der Waals surface area contributed by atoms with Crippen LogP contribution >= 0.6 is 0 Å². The maximum atomic E-state index is 9.33. The van der Waals surface area contributed by atoms with Gasteiger partial charge < -0.3 is 15.2 Å². The van der Waals surface area contributed by atoms with E-state index >= 15 is 0 Å². The molecule has 0 spiro atoms. The minimum Gasteiger partial charge on any atom is -0.360 e. The number of anilines is 4. The third kappa shape index (κ3) is 3.81. The molecule has 2 aromatic heterocycles. The summed E-state index contributed by atoms with van der Waals surface area (Å²) in [4.78, 5) is 9.09. The van der Waals surface area contributed by atoms with Crippen LogP contribution in [0.2, 0.25) is 0 Å².